The molecule has 5 nitrogen and oxygen atoms in total. The maximum Gasteiger partial charge on any atom is 0.227 e. The number of fused-ring (bicyclic) bond motifs is 8. The lowest BCUT2D eigenvalue weighted by Crippen LogP contribution is -2.10. The summed E-state index contributed by atoms with van der Waals surface area (Å²) in [5.41, 5.74) is 8.80. The predicted octanol–water partition coefficient (Wildman–Crippen LogP) is 10.8. The van der Waals surface area contributed by atoms with Crippen molar-refractivity contribution < 1.29 is 13.3 Å². The minimum atomic E-state index is 0.597. The molecule has 0 amide bonds. The van der Waals surface area contributed by atoms with Crippen LogP contribution in [0.4, 0.5) is 17.1 Å². The molecule has 0 bridgehead atoms. The van der Waals surface area contributed by atoms with Gasteiger partial charge in [-0.25, -0.2) is 4.98 Å². The van der Waals surface area contributed by atoms with Crippen molar-refractivity contribution in [1.29, 1.82) is 0 Å². The molecule has 0 aliphatic carbocycles. The third-order valence-corrected chi connectivity index (χ3v) is 7.89. The number of nitrogens with zero attached hydrogens (tertiary/aromatic N) is 2. The minimum Gasteiger partial charge on any atom is -0.456 e. The van der Waals surface area contributed by atoms with E-state index in [0.29, 0.717) is 5.89 Å². The van der Waals surface area contributed by atoms with Crippen molar-refractivity contribution in [2.24, 2.45) is 0 Å². The van der Waals surface area contributed by atoms with Gasteiger partial charge in [0.15, 0.2) is 5.58 Å². The van der Waals surface area contributed by atoms with Crippen LogP contribution in [0.15, 0.2) is 147 Å². The van der Waals surface area contributed by atoms with Gasteiger partial charge in [0.05, 0.1) is 16.5 Å². The molecular formula is C37H22N2O3. The molecule has 198 valence electrons. The molecular weight excluding hydrogens is 520 g/mol. The maximum atomic E-state index is 6.45. The first-order chi connectivity index (χ1) is 20.8. The first-order valence-electron chi connectivity index (χ1n) is 13.9. The number of benzene rings is 6. The quantitative estimate of drug-likeness (QED) is 0.221. The minimum absolute atomic E-state index is 0.597. The SMILES string of the molecule is c1ccc(-c2nc3c(ccc4oc5cc(N(c6ccccc6)c6cccc7oc8ccccc8c67)ccc5c43)o2)cc1. The van der Waals surface area contributed by atoms with Gasteiger partial charge in [-0.3, -0.25) is 0 Å². The topological polar surface area (TPSA) is 55.6 Å². The van der Waals surface area contributed by atoms with E-state index in [1.54, 1.807) is 0 Å². The second-order valence-electron chi connectivity index (χ2n) is 10.4. The highest BCUT2D eigenvalue weighted by atomic mass is 16.4. The van der Waals surface area contributed by atoms with Crippen molar-refractivity contribution in [3.8, 4) is 11.5 Å². The highest BCUT2D eigenvalue weighted by Crippen LogP contribution is 2.44. The van der Waals surface area contributed by atoms with Crippen molar-refractivity contribution >= 4 is 72.0 Å². The number of para-hydroxylation sites is 2. The average molecular weight is 543 g/mol. The van der Waals surface area contributed by atoms with Crippen LogP contribution in [0.25, 0.3) is 66.4 Å². The molecule has 0 aliphatic heterocycles. The van der Waals surface area contributed by atoms with E-state index in [4.69, 9.17) is 18.2 Å². The normalized spacial score (nSPS) is 11.8. The molecule has 0 fully saturated rings. The number of oxazole rings is 1. The van der Waals surface area contributed by atoms with Gasteiger partial charge in [-0.1, -0.05) is 60.7 Å². The number of hydrogen-bond donors (Lipinski definition) is 0. The van der Waals surface area contributed by atoms with Gasteiger partial charge in [0.1, 0.15) is 27.8 Å². The molecule has 0 atom stereocenters. The summed E-state index contributed by atoms with van der Waals surface area (Å²) in [6, 6.07) is 45.0. The van der Waals surface area contributed by atoms with E-state index in [0.717, 1.165) is 77.6 Å². The molecule has 3 aromatic heterocycles. The summed E-state index contributed by atoms with van der Waals surface area (Å²) >= 11 is 0. The Kier molecular flexibility index (Phi) is 4.83. The number of furan rings is 2. The molecule has 0 radical (unpaired) electrons. The van der Waals surface area contributed by atoms with E-state index in [1.807, 2.05) is 72.8 Å². The highest BCUT2D eigenvalue weighted by Gasteiger charge is 2.21. The molecule has 0 spiro atoms. The number of hydrogen-bond acceptors (Lipinski definition) is 5. The zero-order valence-electron chi connectivity index (χ0n) is 22.3. The summed E-state index contributed by atoms with van der Waals surface area (Å²) in [5, 5.41) is 4.09. The van der Waals surface area contributed by atoms with Crippen molar-refractivity contribution in [2.45, 2.75) is 0 Å². The average Bonchev–Trinajstić information content (AvgIpc) is 3.75. The second kappa shape index (κ2) is 8.85. The largest absolute Gasteiger partial charge is 0.456 e. The summed E-state index contributed by atoms with van der Waals surface area (Å²) in [6.07, 6.45) is 0. The molecule has 9 aromatic rings. The van der Waals surface area contributed by atoms with Gasteiger partial charge in [0.2, 0.25) is 5.89 Å². The third kappa shape index (κ3) is 3.40. The van der Waals surface area contributed by atoms with Crippen LogP contribution in [0.3, 0.4) is 0 Å². The third-order valence-electron chi connectivity index (χ3n) is 7.89. The number of anilines is 3. The molecule has 6 aromatic carbocycles. The van der Waals surface area contributed by atoms with Crippen LogP contribution in [-0.2, 0) is 0 Å². The van der Waals surface area contributed by atoms with Crippen LogP contribution >= 0.6 is 0 Å². The lowest BCUT2D eigenvalue weighted by atomic mass is 10.1. The summed E-state index contributed by atoms with van der Waals surface area (Å²) in [7, 11) is 0. The predicted molar refractivity (Wildman–Crippen MR) is 169 cm³/mol. The van der Waals surface area contributed by atoms with Crippen molar-refractivity contribution in [1.82, 2.24) is 4.98 Å². The van der Waals surface area contributed by atoms with Crippen molar-refractivity contribution in [3.63, 3.8) is 0 Å². The van der Waals surface area contributed by atoms with Crippen molar-refractivity contribution in [3.05, 3.63) is 133 Å². The molecule has 0 N–H and O–H groups in total. The molecule has 0 unspecified atom stereocenters. The van der Waals surface area contributed by atoms with Crippen LogP contribution in [0.5, 0.6) is 0 Å². The van der Waals surface area contributed by atoms with Gasteiger partial charge >= 0.3 is 0 Å². The van der Waals surface area contributed by atoms with Gasteiger partial charge in [0.25, 0.3) is 0 Å². The summed E-state index contributed by atoms with van der Waals surface area (Å²) in [5.74, 6) is 0.597. The van der Waals surface area contributed by atoms with Gasteiger partial charge in [-0.05, 0) is 66.7 Å². The molecule has 42 heavy (non-hydrogen) atoms. The molecule has 0 aliphatic rings. The molecule has 0 saturated heterocycles. The molecule has 3 heterocycles. The van der Waals surface area contributed by atoms with E-state index < -0.39 is 0 Å². The molecule has 0 saturated carbocycles. The zero-order valence-corrected chi connectivity index (χ0v) is 22.3. The summed E-state index contributed by atoms with van der Waals surface area (Å²) in [4.78, 5) is 7.16. The fourth-order valence-electron chi connectivity index (χ4n) is 6.03. The Balaban J connectivity index is 1.27. The van der Waals surface area contributed by atoms with E-state index >= 15 is 0 Å². The Labute approximate surface area is 239 Å². The van der Waals surface area contributed by atoms with Gasteiger partial charge < -0.3 is 18.2 Å². The van der Waals surface area contributed by atoms with Crippen LogP contribution in [-0.4, -0.2) is 4.98 Å². The standard InChI is InChI=1S/C37H22N2O3/c1-3-10-23(11-4-1)37-38-36-32(42-37)21-20-31-35(36)27-19-18-25(22-33(27)41-31)39(24-12-5-2-6-13-24)28-15-9-17-30-34(28)26-14-7-8-16-29(26)40-30/h1-22H. The first kappa shape index (κ1) is 22.9. The smallest absolute Gasteiger partial charge is 0.227 e. The molecule has 5 heteroatoms. The fourth-order valence-corrected chi connectivity index (χ4v) is 6.03. The van der Waals surface area contributed by atoms with Gasteiger partial charge in [-0.15, -0.1) is 0 Å². The van der Waals surface area contributed by atoms with Crippen LogP contribution in [0.2, 0.25) is 0 Å². The summed E-state index contributed by atoms with van der Waals surface area (Å²) < 4.78 is 18.8. The molecule has 9 rings (SSSR count). The zero-order chi connectivity index (χ0) is 27.6. The van der Waals surface area contributed by atoms with Crippen molar-refractivity contribution in [2.75, 3.05) is 4.90 Å². The Morgan fingerprint density at radius 1 is 0.452 bits per heavy atom. The van der Waals surface area contributed by atoms with Gasteiger partial charge in [0, 0.05) is 33.8 Å². The Hall–Kier alpha value is -5.81. The second-order valence-corrected chi connectivity index (χ2v) is 10.4. The van der Waals surface area contributed by atoms with E-state index in [-0.39, 0.29) is 0 Å². The highest BCUT2D eigenvalue weighted by molar-refractivity contribution is 6.18. The van der Waals surface area contributed by atoms with Crippen LogP contribution < -0.4 is 4.90 Å². The van der Waals surface area contributed by atoms with E-state index in [9.17, 15) is 0 Å². The summed E-state index contributed by atoms with van der Waals surface area (Å²) in [6.45, 7) is 0. The van der Waals surface area contributed by atoms with E-state index in [2.05, 4.69) is 65.6 Å². The Morgan fingerprint density at radius 2 is 1.14 bits per heavy atom. The van der Waals surface area contributed by atoms with Crippen LogP contribution in [0, 0.1) is 0 Å². The first-order valence-corrected chi connectivity index (χ1v) is 13.9. The van der Waals surface area contributed by atoms with E-state index in [1.165, 1.54) is 0 Å². The van der Waals surface area contributed by atoms with Gasteiger partial charge in [-0.2, -0.15) is 0 Å². The fraction of sp³-hybridized carbons (Fsp3) is 0. The lowest BCUT2D eigenvalue weighted by molar-refractivity contribution is 0.619. The monoisotopic (exact) mass is 542 g/mol. The Bertz CT molecular complexity index is 2420. The van der Waals surface area contributed by atoms with Crippen LogP contribution in [0.1, 0.15) is 0 Å². The Morgan fingerprint density at radius 3 is 2.02 bits per heavy atom. The number of rotatable bonds is 4. The number of aromatic nitrogens is 1. The lowest BCUT2D eigenvalue weighted by Gasteiger charge is -2.26. The maximum absolute atomic E-state index is 6.45.